The Bertz CT molecular complexity index is 739. The highest BCUT2D eigenvalue weighted by molar-refractivity contribution is 5.79. The summed E-state index contributed by atoms with van der Waals surface area (Å²) in [7, 11) is 0. The minimum Gasteiger partial charge on any atom is -0.480 e. The van der Waals surface area contributed by atoms with Crippen molar-refractivity contribution in [1.29, 1.82) is 0 Å². The summed E-state index contributed by atoms with van der Waals surface area (Å²) in [6.45, 7) is 8.04. The van der Waals surface area contributed by atoms with Gasteiger partial charge in [-0.25, -0.2) is 0 Å². The van der Waals surface area contributed by atoms with Crippen LogP contribution in [-0.4, -0.2) is 52.6 Å². The van der Waals surface area contributed by atoms with Gasteiger partial charge in [0.25, 0.3) is 0 Å². The summed E-state index contributed by atoms with van der Waals surface area (Å²) in [5, 5.41) is 12.9. The van der Waals surface area contributed by atoms with Gasteiger partial charge in [-0.3, -0.25) is 19.3 Å². The number of hydrogen-bond acceptors (Lipinski definition) is 5. The predicted octanol–water partition coefficient (Wildman–Crippen LogP) is 3.22. The number of carbonyl (C=O) groups excluding carboxylic acids is 2. The third-order valence-corrected chi connectivity index (χ3v) is 6.19. The van der Waals surface area contributed by atoms with Gasteiger partial charge < -0.3 is 15.2 Å². The molecule has 7 nitrogen and oxygen atoms in total. The van der Waals surface area contributed by atoms with Crippen LogP contribution in [0.4, 0.5) is 0 Å². The molecule has 1 aliphatic heterocycles. The molecule has 0 saturated carbocycles. The molecule has 172 valence electrons. The molecule has 2 rings (SSSR count). The Morgan fingerprint density at radius 3 is 2.45 bits per heavy atom. The molecule has 1 heterocycles. The number of nitrogens with one attached hydrogen (secondary N) is 1. The summed E-state index contributed by atoms with van der Waals surface area (Å²) in [4.78, 5) is 38.5. The average Bonchev–Trinajstić information content (AvgIpc) is 3.06. The van der Waals surface area contributed by atoms with Crippen LogP contribution in [0.15, 0.2) is 30.3 Å². The van der Waals surface area contributed by atoms with Gasteiger partial charge in [-0.2, -0.15) is 0 Å². The van der Waals surface area contributed by atoms with E-state index in [1.54, 1.807) is 6.92 Å². The molecule has 1 saturated heterocycles. The number of ether oxygens (including phenoxy) is 1. The second-order valence-electron chi connectivity index (χ2n) is 8.45. The van der Waals surface area contributed by atoms with Crippen LogP contribution in [0, 0.1) is 11.8 Å². The normalized spacial score (nSPS) is 23.2. The van der Waals surface area contributed by atoms with Gasteiger partial charge in [0.15, 0.2) is 0 Å². The second kappa shape index (κ2) is 11.8. The lowest BCUT2D eigenvalue weighted by atomic mass is 9.84. The number of benzene rings is 1. The molecule has 1 fully saturated rings. The van der Waals surface area contributed by atoms with Crippen molar-refractivity contribution >= 4 is 17.8 Å². The number of aliphatic carboxylic acids is 1. The molecule has 0 spiro atoms. The van der Waals surface area contributed by atoms with Gasteiger partial charge in [-0.1, -0.05) is 43.7 Å². The van der Waals surface area contributed by atoms with Crippen molar-refractivity contribution in [3.05, 3.63) is 35.9 Å². The van der Waals surface area contributed by atoms with E-state index in [1.165, 1.54) is 6.92 Å². The number of carboxylic acid groups (broad SMARTS) is 1. The Morgan fingerprint density at radius 2 is 1.90 bits per heavy atom. The fourth-order valence-corrected chi connectivity index (χ4v) is 4.75. The summed E-state index contributed by atoms with van der Waals surface area (Å²) in [5.74, 6) is -1.73. The molecule has 0 aliphatic carbocycles. The first-order valence-corrected chi connectivity index (χ1v) is 11.2. The molecule has 5 atom stereocenters. The first kappa shape index (κ1) is 24.9. The van der Waals surface area contributed by atoms with Gasteiger partial charge in [-0.15, -0.1) is 0 Å². The van der Waals surface area contributed by atoms with Crippen LogP contribution < -0.4 is 5.32 Å². The number of carbonyl (C=O) groups is 3. The molecular formula is C24H36N2O5. The average molecular weight is 433 g/mol. The Labute approximate surface area is 185 Å². The Morgan fingerprint density at radius 1 is 1.23 bits per heavy atom. The van der Waals surface area contributed by atoms with Crippen molar-refractivity contribution in [1.82, 2.24) is 10.2 Å². The van der Waals surface area contributed by atoms with Crippen molar-refractivity contribution in [3.63, 3.8) is 0 Å². The van der Waals surface area contributed by atoms with Crippen LogP contribution in [0.5, 0.6) is 0 Å². The summed E-state index contributed by atoms with van der Waals surface area (Å²) >= 11 is 0. The maximum absolute atomic E-state index is 12.8. The molecule has 0 aromatic heterocycles. The zero-order valence-corrected chi connectivity index (χ0v) is 19.0. The summed E-state index contributed by atoms with van der Waals surface area (Å²) in [5.41, 5.74) is 1.00. The molecule has 1 aromatic rings. The van der Waals surface area contributed by atoms with Gasteiger partial charge in [-0.05, 0) is 44.6 Å². The number of nitrogens with zero attached hydrogens (tertiary/aromatic N) is 1. The first-order chi connectivity index (χ1) is 14.8. The van der Waals surface area contributed by atoms with Crippen LogP contribution in [-0.2, 0) is 25.7 Å². The zero-order valence-electron chi connectivity index (χ0n) is 19.0. The lowest BCUT2D eigenvalue weighted by molar-refractivity contribution is -0.149. The second-order valence-corrected chi connectivity index (χ2v) is 8.45. The van der Waals surface area contributed by atoms with Crippen molar-refractivity contribution in [2.24, 2.45) is 11.8 Å². The number of likely N-dealkylation sites (tertiary alicyclic amines) is 1. The number of amides is 1. The topological polar surface area (TPSA) is 95.9 Å². The largest absolute Gasteiger partial charge is 0.480 e. The van der Waals surface area contributed by atoms with Crippen molar-refractivity contribution in [3.8, 4) is 0 Å². The van der Waals surface area contributed by atoms with E-state index < -0.39 is 17.9 Å². The number of esters is 1. The molecule has 2 N–H and O–H groups in total. The van der Waals surface area contributed by atoms with Crippen LogP contribution in [0.25, 0.3) is 0 Å². The van der Waals surface area contributed by atoms with Gasteiger partial charge >= 0.3 is 11.9 Å². The van der Waals surface area contributed by atoms with Crippen LogP contribution >= 0.6 is 0 Å². The standard InChI is InChI=1S/C24H36N2O5/c1-5-10-19(16(3)25-17(4)27)13-21-20(24(30)31-6-2)14-22(23(28)29)26(21)15-18-11-8-7-9-12-18/h7-9,11-12,16,19-22H,5-6,10,13-15H2,1-4H3,(H,25,27)(H,28,29). The van der Waals surface area contributed by atoms with E-state index in [1.807, 2.05) is 42.2 Å². The summed E-state index contributed by atoms with van der Waals surface area (Å²) in [6.07, 6.45) is 2.67. The van der Waals surface area contributed by atoms with Gasteiger partial charge in [0.2, 0.25) is 5.91 Å². The predicted molar refractivity (Wildman–Crippen MR) is 118 cm³/mol. The Balaban J connectivity index is 2.37. The van der Waals surface area contributed by atoms with E-state index >= 15 is 0 Å². The molecule has 1 aromatic carbocycles. The molecular weight excluding hydrogens is 396 g/mol. The smallest absolute Gasteiger partial charge is 0.320 e. The fraction of sp³-hybridized carbons (Fsp3) is 0.625. The maximum Gasteiger partial charge on any atom is 0.320 e. The van der Waals surface area contributed by atoms with Crippen molar-refractivity contribution in [2.45, 2.75) is 78.0 Å². The van der Waals surface area contributed by atoms with E-state index in [9.17, 15) is 19.5 Å². The van der Waals surface area contributed by atoms with E-state index in [2.05, 4.69) is 12.2 Å². The lowest BCUT2D eigenvalue weighted by Gasteiger charge is -2.34. The highest BCUT2D eigenvalue weighted by atomic mass is 16.5. The van der Waals surface area contributed by atoms with Crippen LogP contribution in [0.3, 0.4) is 0 Å². The zero-order chi connectivity index (χ0) is 23.0. The minimum absolute atomic E-state index is 0.0669. The number of hydrogen-bond donors (Lipinski definition) is 2. The summed E-state index contributed by atoms with van der Waals surface area (Å²) in [6, 6.07) is 8.63. The van der Waals surface area contributed by atoms with E-state index in [0.29, 0.717) is 13.0 Å². The highest BCUT2D eigenvalue weighted by Crippen LogP contribution is 2.37. The van der Waals surface area contributed by atoms with Gasteiger partial charge in [0.1, 0.15) is 6.04 Å². The first-order valence-electron chi connectivity index (χ1n) is 11.2. The van der Waals surface area contributed by atoms with E-state index in [-0.39, 0.29) is 42.9 Å². The third kappa shape index (κ3) is 6.79. The Hall–Kier alpha value is -2.41. The van der Waals surface area contributed by atoms with Crippen molar-refractivity contribution in [2.75, 3.05) is 6.61 Å². The van der Waals surface area contributed by atoms with Gasteiger partial charge in [0.05, 0.1) is 12.5 Å². The van der Waals surface area contributed by atoms with Crippen molar-refractivity contribution < 1.29 is 24.2 Å². The molecule has 0 bridgehead atoms. The molecule has 5 unspecified atom stereocenters. The highest BCUT2D eigenvalue weighted by Gasteiger charge is 2.49. The summed E-state index contributed by atoms with van der Waals surface area (Å²) < 4.78 is 5.32. The van der Waals surface area contributed by atoms with Crippen LogP contribution in [0.2, 0.25) is 0 Å². The molecule has 1 amide bonds. The monoisotopic (exact) mass is 432 g/mol. The minimum atomic E-state index is -0.922. The molecule has 1 aliphatic rings. The Kier molecular flexibility index (Phi) is 9.49. The molecule has 0 radical (unpaired) electrons. The lowest BCUT2D eigenvalue weighted by Crippen LogP contribution is -2.45. The van der Waals surface area contributed by atoms with Crippen LogP contribution in [0.1, 0.15) is 58.9 Å². The van der Waals surface area contributed by atoms with E-state index in [0.717, 1.165) is 18.4 Å². The quantitative estimate of drug-likeness (QED) is 0.521. The fourth-order valence-electron chi connectivity index (χ4n) is 4.75. The molecule has 7 heteroatoms. The maximum atomic E-state index is 12.8. The van der Waals surface area contributed by atoms with Gasteiger partial charge in [0, 0.05) is 25.6 Å². The SMILES string of the molecule is CCCC(CC1C(C(=O)OCC)CC(C(=O)O)N1Cc1ccccc1)C(C)NC(C)=O. The number of rotatable bonds is 11. The third-order valence-electron chi connectivity index (χ3n) is 6.19. The number of carboxylic acids is 1. The van der Waals surface area contributed by atoms with E-state index in [4.69, 9.17) is 4.74 Å². The molecule has 31 heavy (non-hydrogen) atoms.